The van der Waals surface area contributed by atoms with Crippen LogP contribution >= 0.6 is 11.6 Å². The predicted molar refractivity (Wildman–Crippen MR) is 71.0 cm³/mol. The van der Waals surface area contributed by atoms with Gasteiger partial charge in [0.25, 0.3) is 0 Å². The van der Waals surface area contributed by atoms with Crippen molar-refractivity contribution in [3.05, 3.63) is 23.0 Å². The second-order valence-corrected chi connectivity index (χ2v) is 5.22. The van der Waals surface area contributed by atoms with E-state index in [-0.39, 0.29) is 10.8 Å². The molecule has 0 radical (unpaired) electrons. The Balaban J connectivity index is 2.06. The molecule has 98 valence electrons. The minimum atomic E-state index is -0.373. The molecule has 2 aliphatic rings. The topological polar surface area (TPSA) is 24.5 Å². The van der Waals surface area contributed by atoms with Crippen molar-refractivity contribution in [3.63, 3.8) is 0 Å². The molecule has 0 amide bonds. The zero-order chi connectivity index (χ0) is 12.7. The molecule has 2 aliphatic heterocycles. The van der Waals surface area contributed by atoms with Gasteiger partial charge in [0, 0.05) is 25.1 Å². The Kier molecular flexibility index (Phi) is 3.08. The van der Waals surface area contributed by atoms with Crippen LogP contribution in [-0.2, 0) is 4.74 Å². The molecule has 0 aliphatic carbocycles. The summed E-state index contributed by atoms with van der Waals surface area (Å²) in [6.45, 7) is 5.27. The van der Waals surface area contributed by atoms with E-state index in [1.54, 1.807) is 6.07 Å². The maximum atomic E-state index is 13.5. The Labute approximate surface area is 111 Å². The fourth-order valence-corrected chi connectivity index (χ4v) is 3.02. The van der Waals surface area contributed by atoms with E-state index in [9.17, 15) is 4.39 Å². The number of benzene rings is 1. The summed E-state index contributed by atoms with van der Waals surface area (Å²) in [7, 11) is 0. The minimum Gasteiger partial charge on any atom is -0.383 e. The number of halogens is 2. The molecule has 3 nitrogen and oxygen atoms in total. The second kappa shape index (κ2) is 4.59. The number of hydrogen-bond acceptors (Lipinski definition) is 3. The summed E-state index contributed by atoms with van der Waals surface area (Å²) in [4.78, 5) is 2.26. The van der Waals surface area contributed by atoms with E-state index < -0.39 is 0 Å². The first-order valence-electron chi connectivity index (χ1n) is 6.28. The molecule has 2 unspecified atom stereocenters. The van der Waals surface area contributed by atoms with Crippen LogP contribution in [0.4, 0.5) is 15.8 Å². The van der Waals surface area contributed by atoms with Crippen LogP contribution in [0.2, 0.25) is 5.02 Å². The lowest BCUT2D eigenvalue weighted by Crippen LogP contribution is -2.40. The van der Waals surface area contributed by atoms with Gasteiger partial charge in [-0.25, -0.2) is 4.39 Å². The number of anilines is 2. The number of ether oxygens (including phenoxy) is 1. The summed E-state index contributed by atoms with van der Waals surface area (Å²) in [5.41, 5.74) is 1.80. The molecular weight excluding hydrogens is 255 g/mol. The van der Waals surface area contributed by atoms with Gasteiger partial charge in [-0.1, -0.05) is 11.6 Å². The van der Waals surface area contributed by atoms with Crippen molar-refractivity contribution in [1.29, 1.82) is 0 Å². The van der Waals surface area contributed by atoms with E-state index >= 15 is 0 Å². The molecule has 0 bridgehead atoms. The zero-order valence-electron chi connectivity index (χ0n) is 10.2. The van der Waals surface area contributed by atoms with E-state index in [0.29, 0.717) is 12.0 Å². The average Bonchev–Trinajstić information content (AvgIpc) is 2.76. The molecule has 1 aromatic rings. The smallest absolute Gasteiger partial charge is 0.143 e. The molecule has 3 rings (SSSR count). The Morgan fingerprint density at radius 1 is 1.50 bits per heavy atom. The van der Waals surface area contributed by atoms with Gasteiger partial charge in [0.1, 0.15) is 5.82 Å². The van der Waals surface area contributed by atoms with E-state index in [2.05, 4.69) is 17.1 Å². The molecule has 0 saturated carbocycles. The lowest BCUT2D eigenvalue weighted by Gasteiger charge is -2.30. The van der Waals surface area contributed by atoms with Gasteiger partial charge in [-0.2, -0.15) is 0 Å². The molecular formula is C13H16ClFN2O. The SMILES string of the molecule is CCN1c2cc(Cl)c(F)cc2NCC2COCC21. The highest BCUT2D eigenvalue weighted by molar-refractivity contribution is 6.31. The highest BCUT2D eigenvalue weighted by Crippen LogP contribution is 2.37. The molecule has 0 aromatic heterocycles. The largest absolute Gasteiger partial charge is 0.383 e. The van der Waals surface area contributed by atoms with Crippen LogP contribution in [0.5, 0.6) is 0 Å². The Morgan fingerprint density at radius 2 is 2.33 bits per heavy atom. The molecule has 2 heterocycles. The quantitative estimate of drug-likeness (QED) is 0.849. The number of hydrogen-bond donors (Lipinski definition) is 1. The Bertz CT molecular complexity index is 469. The van der Waals surface area contributed by atoms with Crippen LogP contribution in [0, 0.1) is 11.7 Å². The minimum absolute atomic E-state index is 0.173. The third-order valence-electron chi connectivity index (χ3n) is 3.81. The van der Waals surface area contributed by atoms with Gasteiger partial charge in [0.2, 0.25) is 0 Å². The highest BCUT2D eigenvalue weighted by Gasteiger charge is 2.36. The molecule has 1 saturated heterocycles. The van der Waals surface area contributed by atoms with Crippen molar-refractivity contribution < 1.29 is 9.13 Å². The van der Waals surface area contributed by atoms with E-state index in [1.807, 2.05) is 0 Å². The number of nitrogens with one attached hydrogen (secondary N) is 1. The van der Waals surface area contributed by atoms with Crippen molar-refractivity contribution in [3.8, 4) is 0 Å². The second-order valence-electron chi connectivity index (χ2n) is 4.82. The first-order chi connectivity index (χ1) is 8.70. The van der Waals surface area contributed by atoms with Gasteiger partial charge in [0.15, 0.2) is 0 Å². The third kappa shape index (κ3) is 1.84. The van der Waals surface area contributed by atoms with Crippen LogP contribution in [0.1, 0.15) is 6.92 Å². The summed E-state index contributed by atoms with van der Waals surface area (Å²) < 4.78 is 19.1. The summed E-state index contributed by atoms with van der Waals surface area (Å²) in [6.07, 6.45) is 0. The van der Waals surface area contributed by atoms with E-state index in [0.717, 1.165) is 37.7 Å². The monoisotopic (exact) mass is 270 g/mol. The lowest BCUT2D eigenvalue weighted by molar-refractivity contribution is 0.185. The normalized spacial score (nSPS) is 26.3. The standard InChI is InChI=1S/C13H16ClFN2O/c1-2-17-12-3-9(14)10(15)4-11(12)16-5-8-6-18-7-13(8)17/h3-4,8,13,16H,2,5-7H2,1H3. The van der Waals surface area contributed by atoms with Crippen molar-refractivity contribution in [2.45, 2.75) is 13.0 Å². The average molecular weight is 271 g/mol. The van der Waals surface area contributed by atoms with Gasteiger partial charge < -0.3 is 15.0 Å². The number of fused-ring (bicyclic) bond motifs is 2. The van der Waals surface area contributed by atoms with Crippen molar-refractivity contribution in [2.75, 3.05) is 36.5 Å². The van der Waals surface area contributed by atoms with Crippen LogP contribution in [0.15, 0.2) is 12.1 Å². The number of nitrogens with zero attached hydrogens (tertiary/aromatic N) is 1. The van der Waals surface area contributed by atoms with Crippen LogP contribution < -0.4 is 10.2 Å². The van der Waals surface area contributed by atoms with Crippen LogP contribution in [0.25, 0.3) is 0 Å². The van der Waals surface area contributed by atoms with Gasteiger partial charge >= 0.3 is 0 Å². The van der Waals surface area contributed by atoms with Gasteiger partial charge in [-0.15, -0.1) is 0 Å². The summed E-state index contributed by atoms with van der Waals surface area (Å²) in [6, 6.07) is 3.55. The number of likely N-dealkylation sites (N-methyl/N-ethyl adjacent to an activating group) is 1. The van der Waals surface area contributed by atoms with E-state index in [1.165, 1.54) is 6.07 Å². The fraction of sp³-hybridized carbons (Fsp3) is 0.538. The highest BCUT2D eigenvalue weighted by atomic mass is 35.5. The molecule has 2 atom stereocenters. The molecule has 1 fully saturated rings. The Hall–Kier alpha value is -1.00. The van der Waals surface area contributed by atoms with E-state index in [4.69, 9.17) is 16.3 Å². The molecule has 18 heavy (non-hydrogen) atoms. The summed E-state index contributed by atoms with van der Waals surface area (Å²) in [5, 5.41) is 3.48. The third-order valence-corrected chi connectivity index (χ3v) is 4.10. The molecule has 1 aromatic carbocycles. The van der Waals surface area contributed by atoms with Gasteiger partial charge in [0.05, 0.1) is 35.7 Å². The molecule has 5 heteroatoms. The van der Waals surface area contributed by atoms with Crippen LogP contribution in [-0.4, -0.2) is 32.3 Å². The maximum absolute atomic E-state index is 13.5. The van der Waals surface area contributed by atoms with Crippen molar-refractivity contribution in [2.24, 2.45) is 5.92 Å². The van der Waals surface area contributed by atoms with Crippen molar-refractivity contribution >= 4 is 23.0 Å². The number of rotatable bonds is 1. The maximum Gasteiger partial charge on any atom is 0.143 e. The first-order valence-corrected chi connectivity index (χ1v) is 6.65. The lowest BCUT2D eigenvalue weighted by atomic mass is 10.0. The van der Waals surface area contributed by atoms with Crippen molar-refractivity contribution in [1.82, 2.24) is 0 Å². The van der Waals surface area contributed by atoms with Crippen LogP contribution in [0.3, 0.4) is 0 Å². The molecule has 1 N–H and O–H groups in total. The Morgan fingerprint density at radius 3 is 3.11 bits per heavy atom. The summed E-state index contributed by atoms with van der Waals surface area (Å²) >= 11 is 5.90. The fourth-order valence-electron chi connectivity index (χ4n) is 2.87. The molecule has 0 spiro atoms. The first kappa shape index (κ1) is 12.1. The zero-order valence-corrected chi connectivity index (χ0v) is 11.0. The predicted octanol–water partition coefficient (Wildman–Crippen LogP) is 2.75. The van der Waals surface area contributed by atoms with Gasteiger partial charge in [-0.05, 0) is 13.0 Å². The summed E-state index contributed by atoms with van der Waals surface area (Å²) in [5.74, 6) is 0.0708. The van der Waals surface area contributed by atoms with Gasteiger partial charge in [-0.3, -0.25) is 0 Å².